The van der Waals surface area contributed by atoms with Crippen molar-refractivity contribution in [1.29, 1.82) is 0 Å². The molecule has 0 aliphatic carbocycles. The van der Waals surface area contributed by atoms with Crippen molar-refractivity contribution >= 4 is 0 Å². The Labute approximate surface area is 116 Å². The minimum Gasteiger partial charge on any atom is -0.329 e. The number of nitrogens with zero attached hydrogens (tertiary/aromatic N) is 3. The van der Waals surface area contributed by atoms with Crippen LogP contribution in [-0.4, -0.2) is 54.6 Å². The quantitative estimate of drug-likeness (QED) is 0.887. The van der Waals surface area contributed by atoms with Crippen molar-refractivity contribution in [3.63, 3.8) is 0 Å². The number of nitrogens with two attached hydrogens (primary N) is 1. The van der Waals surface area contributed by atoms with Crippen LogP contribution < -0.4 is 5.73 Å². The lowest BCUT2D eigenvalue weighted by Gasteiger charge is -2.28. The smallest absolute Gasteiger partial charge is 0.0489 e. The van der Waals surface area contributed by atoms with Gasteiger partial charge in [-0.3, -0.25) is 9.88 Å². The van der Waals surface area contributed by atoms with Crippen molar-refractivity contribution in [3.8, 4) is 0 Å². The molecule has 3 atom stereocenters. The summed E-state index contributed by atoms with van der Waals surface area (Å²) >= 11 is 0. The average molecular weight is 262 g/mol. The first-order valence-corrected chi connectivity index (χ1v) is 7.05. The van der Waals surface area contributed by atoms with Crippen molar-refractivity contribution < 1.29 is 0 Å². The van der Waals surface area contributed by atoms with Crippen LogP contribution in [0.4, 0.5) is 0 Å². The molecular formula is C15H26N4. The number of hydrogen-bond donors (Lipinski definition) is 1. The number of pyridine rings is 1. The Kier molecular flexibility index (Phi) is 4.55. The SMILES string of the molecule is Cc1ccncc1C(CN)N1CC(C)C(N(C)C)C1. The van der Waals surface area contributed by atoms with Crippen LogP contribution in [0.1, 0.15) is 24.1 Å². The van der Waals surface area contributed by atoms with Gasteiger partial charge in [0.2, 0.25) is 0 Å². The van der Waals surface area contributed by atoms with Gasteiger partial charge in [-0.1, -0.05) is 6.92 Å². The Morgan fingerprint density at radius 2 is 2.21 bits per heavy atom. The molecule has 1 fully saturated rings. The third-order valence-corrected chi connectivity index (χ3v) is 4.37. The third kappa shape index (κ3) is 2.96. The molecule has 1 aromatic rings. The Morgan fingerprint density at radius 1 is 1.47 bits per heavy atom. The zero-order valence-electron chi connectivity index (χ0n) is 12.5. The Balaban J connectivity index is 2.18. The van der Waals surface area contributed by atoms with E-state index in [-0.39, 0.29) is 0 Å². The molecule has 1 aliphatic rings. The molecule has 1 aromatic heterocycles. The number of hydrogen-bond acceptors (Lipinski definition) is 4. The predicted molar refractivity (Wildman–Crippen MR) is 79.0 cm³/mol. The fourth-order valence-electron chi connectivity index (χ4n) is 3.21. The van der Waals surface area contributed by atoms with Crippen LogP contribution >= 0.6 is 0 Å². The molecule has 0 bridgehead atoms. The van der Waals surface area contributed by atoms with Crippen molar-refractivity contribution in [2.24, 2.45) is 11.7 Å². The van der Waals surface area contributed by atoms with Gasteiger partial charge >= 0.3 is 0 Å². The van der Waals surface area contributed by atoms with Crippen LogP contribution in [0.15, 0.2) is 18.5 Å². The highest BCUT2D eigenvalue weighted by Crippen LogP contribution is 2.29. The second-order valence-electron chi connectivity index (χ2n) is 5.95. The van der Waals surface area contributed by atoms with E-state index in [9.17, 15) is 0 Å². The van der Waals surface area contributed by atoms with Gasteiger partial charge in [0.05, 0.1) is 0 Å². The minimum absolute atomic E-state index is 0.293. The van der Waals surface area contributed by atoms with Crippen LogP contribution in [-0.2, 0) is 0 Å². The zero-order valence-corrected chi connectivity index (χ0v) is 12.5. The highest BCUT2D eigenvalue weighted by molar-refractivity contribution is 5.26. The second kappa shape index (κ2) is 5.99. The highest BCUT2D eigenvalue weighted by Gasteiger charge is 2.35. The summed E-state index contributed by atoms with van der Waals surface area (Å²) in [5.41, 5.74) is 8.60. The zero-order chi connectivity index (χ0) is 14.0. The van der Waals surface area contributed by atoms with Gasteiger partial charge in [-0.15, -0.1) is 0 Å². The maximum atomic E-state index is 6.04. The number of rotatable bonds is 4. The van der Waals surface area contributed by atoms with E-state index in [0.29, 0.717) is 24.5 Å². The van der Waals surface area contributed by atoms with Gasteiger partial charge in [0.1, 0.15) is 0 Å². The molecule has 19 heavy (non-hydrogen) atoms. The molecule has 2 heterocycles. The molecule has 4 heteroatoms. The first-order valence-electron chi connectivity index (χ1n) is 7.05. The van der Waals surface area contributed by atoms with Gasteiger partial charge < -0.3 is 10.6 Å². The van der Waals surface area contributed by atoms with Crippen molar-refractivity contribution in [2.75, 3.05) is 33.7 Å². The van der Waals surface area contributed by atoms with Gasteiger partial charge in [-0.25, -0.2) is 0 Å². The first-order chi connectivity index (χ1) is 9.04. The van der Waals surface area contributed by atoms with Crippen LogP contribution in [0.3, 0.4) is 0 Å². The van der Waals surface area contributed by atoms with E-state index in [2.05, 4.69) is 48.8 Å². The Morgan fingerprint density at radius 3 is 2.74 bits per heavy atom. The van der Waals surface area contributed by atoms with E-state index in [1.807, 2.05) is 12.4 Å². The fourth-order valence-corrected chi connectivity index (χ4v) is 3.21. The van der Waals surface area contributed by atoms with E-state index in [1.165, 1.54) is 11.1 Å². The number of aromatic nitrogens is 1. The van der Waals surface area contributed by atoms with Crippen molar-refractivity contribution in [2.45, 2.75) is 25.9 Å². The third-order valence-electron chi connectivity index (χ3n) is 4.37. The van der Waals surface area contributed by atoms with E-state index in [4.69, 9.17) is 5.73 Å². The molecule has 0 radical (unpaired) electrons. The van der Waals surface area contributed by atoms with Crippen molar-refractivity contribution in [1.82, 2.24) is 14.8 Å². The monoisotopic (exact) mass is 262 g/mol. The van der Waals surface area contributed by atoms with E-state index >= 15 is 0 Å². The average Bonchev–Trinajstić information content (AvgIpc) is 2.75. The Hall–Kier alpha value is -0.970. The summed E-state index contributed by atoms with van der Waals surface area (Å²) < 4.78 is 0. The van der Waals surface area contributed by atoms with E-state index < -0.39 is 0 Å². The summed E-state index contributed by atoms with van der Waals surface area (Å²) in [6.45, 7) is 7.32. The van der Waals surface area contributed by atoms with Gasteiger partial charge in [-0.2, -0.15) is 0 Å². The maximum Gasteiger partial charge on any atom is 0.0489 e. The lowest BCUT2D eigenvalue weighted by molar-refractivity contribution is 0.219. The van der Waals surface area contributed by atoms with E-state index in [1.54, 1.807) is 0 Å². The molecule has 0 saturated carbocycles. The largest absolute Gasteiger partial charge is 0.329 e. The fraction of sp³-hybridized carbons (Fsp3) is 0.667. The molecule has 3 unspecified atom stereocenters. The topological polar surface area (TPSA) is 45.4 Å². The molecule has 2 rings (SSSR count). The van der Waals surface area contributed by atoms with Gasteiger partial charge in [0.15, 0.2) is 0 Å². The van der Waals surface area contributed by atoms with Gasteiger partial charge in [-0.05, 0) is 44.1 Å². The molecule has 2 N–H and O–H groups in total. The maximum absolute atomic E-state index is 6.04. The molecule has 0 amide bonds. The lowest BCUT2D eigenvalue weighted by atomic mass is 10.0. The molecule has 0 aromatic carbocycles. The van der Waals surface area contributed by atoms with Crippen LogP contribution in [0.25, 0.3) is 0 Å². The highest BCUT2D eigenvalue weighted by atomic mass is 15.3. The summed E-state index contributed by atoms with van der Waals surface area (Å²) in [5.74, 6) is 0.682. The normalized spacial score (nSPS) is 26.0. The summed E-state index contributed by atoms with van der Waals surface area (Å²) in [4.78, 5) is 9.11. The second-order valence-corrected chi connectivity index (χ2v) is 5.95. The van der Waals surface area contributed by atoms with Crippen LogP contribution in [0, 0.1) is 12.8 Å². The number of likely N-dealkylation sites (N-methyl/N-ethyl adjacent to an activating group) is 1. The van der Waals surface area contributed by atoms with E-state index in [0.717, 1.165) is 13.1 Å². The first kappa shape index (κ1) is 14.4. The minimum atomic E-state index is 0.293. The molecule has 1 saturated heterocycles. The summed E-state index contributed by atoms with van der Waals surface area (Å²) in [6, 6.07) is 2.98. The van der Waals surface area contributed by atoms with Crippen molar-refractivity contribution in [3.05, 3.63) is 29.6 Å². The molecule has 1 aliphatic heterocycles. The van der Waals surface area contributed by atoms with Crippen LogP contribution in [0.2, 0.25) is 0 Å². The molecular weight excluding hydrogens is 236 g/mol. The standard InChI is InChI=1S/C15H26N4/c1-11-5-6-17-8-13(11)14(7-16)19-9-12(2)15(10-19)18(3)4/h5-6,8,12,14-15H,7,9-10,16H2,1-4H3. The predicted octanol–water partition coefficient (Wildman–Crippen LogP) is 1.27. The summed E-state index contributed by atoms with van der Waals surface area (Å²) in [7, 11) is 4.33. The molecule has 106 valence electrons. The number of likely N-dealkylation sites (tertiary alicyclic amines) is 1. The molecule has 4 nitrogen and oxygen atoms in total. The Bertz CT molecular complexity index is 418. The summed E-state index contributed by atoms with van der Waals surface area (Å²) in [5, 5.41) is 0. The molecule has 0 spiro atoms. The van der Waals surface area contributed by atoms with Crippen LogP contribution in [0.5, 0.6) is 0 Å². The van der Waals surface area contributed by atoms with Gasteiger partial charge in [0, 0.05) is 44.1 Å². The van der Waals surface area contributed by atoms with Gasteiger partial charge in [0.25, 0.3) is 0 Å². The summed E-state index contributed by atoms with van der Waals surface area (Å²) in [6.07, 6.45) is 3.82. The lowest BCUT2D eigenvalue weighted by Crippen LogP contribution is -2.37. The number of aryl methyl sites for hydroxylation is 1.